The van der Waals surface area contributed by atoms with Crippen LogP contribution in [0.3, 0.4) is 0 Å². The van der Waals surface area contributed by atoms with E-state index in [-0.39, 0.29) is 5.56 Å². The third-order valence-electron chi connectivity index (χ3n) is 4.13. The molecule has 1 saturated heterocycles. The third kappa shape index (κ3) is 4.98. The lowest BCUT2D eigenvalue weighted by Crippen LogP contribution is -2.27. The summed E-state index contributed by atoms with van der Waals surface area (Å²) < 4.78 is 38.5. The first-order valence-electron chi connectivity index (χ1n) is 8.28. The van der Waals surface area contributed by atoms with Gasteiger partial charge in [0, 0.05) is 11.5 Å². The Bertz CT molecular complexity index is 525. The van der Waals surface area contributed by atoms with Crippen LogP contribution in [0.2, 0.25) is 0 Å². The van der Waals surface area contributed by atoms with Crippen LogP contribution in [0.4, 0.5) is 8.78 Å². The van der Waals surface area contributed by atoms with Crippen LogP contribution in [0.1, 0.15) is 62.9 Å². The summed E-state index contributed by atoms with van der Waals surface area (Å²) in [5.41, 5.74) is -0.296. The van der Waals surface area contributed by atoms with Gasteiger partial charge in [-0.05, 0) is 18.6 Å². The molecule has 1 aliphatic heterocycles. The van der Waals surface area contributed by atoms with Crippen LogP contribution in [0.15, 0.2) is 12.1 Å². The molecule has 0 radical (unpaired) electrons. The summed E-state index contributed by atoms with van der Waals surface area (Å²) in [5, 5.41) is 8.68. The van der Waals surface area contributed by atoms with Gasteiger partial charge in [0.05, 0.1) is 13.2 Å². The Morgan fingerprint density at radius 1 is 1.09 bits per heavy atom. The van der Waals surface area contributed by atoms with Gasteiger partial charge in [0.15, 0.2) is 6.29 Å². The minimum Gasteiger partial charge on any atom is -0.348 e. The topological polar surface area (TPSA) is 42.2 Å². The van der Waals surface area contributed by atoms with E-state index in [4.69, 9.17) is 14.7 Å². The molecule has 0 bridgehead atoms. The zero-order chi connectivity index (χ0) is 16.7. The molecular formula is C18H23F2NO2. The van der Waals surface area contributed by atoms with Crippen LogP contribution in [0.5, 0.6) is 0 Å². The highest BCUT2D eigenvalue weighted by Gasteiger charge is 2.25. The second kappa shape index (κ2) is 8.95. The molecule has 1 aliphatic rings. The number of nitriles is 1. The number of benzene rings is 1. The van der Waals surface area contributed by atoms with E-state index in [1.807, 2.05) is 0 Å². The number of halogens is 2. The van der Waals surface area contributed by atoms with Crippen molar-refractivity contribution in [2.24, 2.45) is 5.92 Å². The van der Waals surface area contributed by atoms with Crippen molar-refractivity contribution in [3.63, 3.8) is 0 Å². The Kier molecular flexibility index (Phi) is 6.94. The first kappa shape index (κ1) is 17.8. The maximum atomic E-state index is 13.6. The van der Waals surface area contributed by atoms with Crippen molar-refractivity contribution in [3.8, 4) is 6.07 Å². The predicted molar refractivity (Wildman–Crippen MR) is 82.6 cm³/mol. The molecular weight excluding hydrogens is 300 g/mol. The molecule has 23 heavy (non-hydrogen) atoms. The molecule has 0 aliphatic carbocycles. The Labute approximate surface area is 136 Å². The van der Waals surface area contributed by atoms with E-state index < -0.39 is 23.5 Å². The van der Waals surface area contributed by atoms with Crippen molar-refractivity contribution in [2.75, 3.05) is 13.2 Å². The molecule has 0 atom stereocenters. The summed E-state index contributed by atoms with van der Waals surface area (Å²) in [7, 11) is 0. The summed E-state index contributed by atoms with van der Waals surface area (Å²) in [6.07, 6.45) is 6.43. The number of rotatable bonds is 7. The van der Waals surface area contributed by atoms with Crippen LogP contribution in [0.25, 0.3) is 0 Å². The number of hydrogen-bond donors (Lipinski definition) is 0. The van der Waals surface area contributed by atoms with Crippen molar-refractivity contribution in [1.82, 2.24) is 0 Å². The van der Waals surface area contributed by atoms with Crippen molar-refractivity contribution in [2.45, 2.75) is 51.7 Å². The van der Waals surface area contributed by atoms with Crippen molar-refractivity contribution in [3.05, 3.63) is 34.9 Å². The van der Waals surface area contributed by atoms with Gasteiger partial charge in [-0.25, -0.2) is 8.78 Å². The monoisotopic (exact) mass is 323 g/mol. The Hall–Kier alpha value is -1.51. The van der Waals surface area contributed by atoms with Gasteiger partial charge in [-0.15, -0.1) is 0 Å². The summed E-state index contributed by atoms with van der Waals surface area (Å²) >= 11 is 0. The largest absolute Gasteiger partial charge is 0.348 e. The Balaban J connectivity index is 1.82. The van der Waals surface area contributed by atoms with E-state index in [1.165, 1.54) is 31.8 Å². The summed E-state index contributed by atoms with van der Waals surface area (Å²) in [6, 6.07) is 3.72. The number of nitrogens with zero attached hydrogens (tertiary/aromatic N) is 1. The molecule has 0 N–H and O–H groups in total. The first-order chi connectivity index (χ1) is 11.2. The highest BCUT2D eigenvalue weighted by Crippen LogP contribution is 2.29. The van der Waals surface area contributed by atoms with Crippen LogP contribution >= 0.6 is 0 Å². The predicted octanol–water partition coefficient (Wildman–Crippen LogP) is 4.86. The Morgan fingerprint density at radius 2 is 1.70 bits per heavy atom. The molecule has 0 spiro atoms. The SMILES string of the molecule is CCCCCCC[C@H]1CO[C@H](c2cc(F)c(C#N)c(F)c2)OC1. The van der Waals surface area contributed by atoms with Gasteiger partial charge < -0.3 is 9.47 Å². The molecule has 3 nitrogen and oxygen atoms in total. The average molecular weight is 323 g/mol. The fourth-order valence-corrected chi connectivity index (χ4v) is 2.77. The van der Waals surface area contributed by atoms with Crippen LogP contribution in [-0.4, -0.2) is 13.2 Å². The van der Waals surface area contributed by atoms with Gasteiger partial charge in [-0.2, -0.15) is 5.26 Å². The minimum atomic E-state index is -0.882. The highest BCUT2D eigenvalue weighted by atomic mass is 19.1. The molecule has 5 heteroatoms. The number of hydrogen-bond acceptors (Lipinski definition) is 3. The number of ether oxygens (including phenoxy) is 2. The molecule has 2 rings (SSSR count). The molecule has 1 fully saturated rings. The molecule has 1 heterocycles. The van der Waals surface area contributed by atoms with E-state index in [2.05, 4.69) is 6.92 Å². The van der Waals surface area contributed by atoms with Gasteiger partial charge in [0.1, 0.15) is 23.3 Å². The minimum absolute atomic E-state index is 0.278. The van der Waals surface area contributed by atoms with E-state index in [1.54, 1.807) is 0 Å². The summed E-state index contributed by atoms with van der Waals surface area (Å²) in [6.45, 7) is 3.25. The summed E-state index contributed by atoms with van der Waals surface area (Å²) in [4.78, 5) is 0. The second-order valence-corrected chi connectivity index (χ2v) is 6.04. The highest BCUT2D eigenvalue weighted by molar-refractivity contribution is 5.35. The molecule has 0 amide bonds. The van der Waals surface area contributed by atoms with Crippen LogP contribution < -0.4 is 0 Å². The molecule has 1 aromatic carbocycles. The van der Waals surface area contributed by atoms with E-state index in [0.717, 1.165) is 25.0 Å². The Morgan fingerprint density at radius 3 is 2.26 bits per heavy atom. The molecule has 0 saturated carbocycles. The van der Waals surface area contributed by atoms with Gasteiger partial charge in [0.25, 0.3) is 0 Å². The summed E-state index contributed by atoms with van der Waals surface area (Å²) in [5.74, 6) is -1.43. The maximum Gasteiger partial charge on any atom is 0.184 e. The quantitative estimate of drug-likeness (QED) is 0.673. The van der Waals surface area contributed by atoms with E-state index in [0.29, 0.717) is 19.1 Å². The fourth-order valence-electron chi connectivity index (χ4n) is 2.77. The van der Waals surface area contributed by atoms with Gasteiger partial charge >= 0.3 is 0 Å². The lowest BCUT2D eigenvalue weighted by Gasteiger charge is -2.29. The lowest BCUT2D eigenvalue weighted by atomic mass is 10.0. The van der Waals surface area contributed by atoms with Gasteiger partial charge in [-0.3, -0.25) is 0 Å². The fraction of sp³-hybridized carbons (Fsp3) is 0.611. The maximum absolute atomic E-state index is 13.6. The van der Waals surface area contributed by atoms with E-state index in [9.17, 15) is 8.78 Å². The van der Waals surface area contributed by atoms with Crippen molar-refractivity contribution >= 4 is 0 Å². The van der Waals surface area contributed by atoms with Crippen molar-refractivity contribution in [1.29, 1.82) is 5.26 Å². The molecule has 0 aromatic heterocycles. The zero-order valence-electron chi connectivity index (χ0n) is 13.5. The van der Waals surface area contributed by atoms with Gasteiger partial charge in [0.2, 0.25) is 0 Å². The average Bonchev–Trinajstić information content (AvgIpc) is 2.55. The molecule has 1 aromatic rings. The lowest BCUT2D eigenvalue weighted by molar-refractivity contribution is -0.206. The smallest absolute Gasteiger partial charge is 0.184 e. The molecule has 126 valence electrons. The first-order valence-corrected chi connectivity index (χ1v) is 8.28. The van der Waals surface area contributed by atoms with Crippen molar-refractivity contribution < 1.29 is 18.3 Å². The van der Waals surface area contributed by atoms with Crippen LogP contribution in [-0.2, 0) is 9.47 Å². The zero-order valence-corrected chi connectivity index (χ0v) is 13.5. The number of unbranched alkanes of at least 4 members (excludes halogenated alkanes) is 4. The second-order valence-electron chi connectivity index (χ2n) is 6.04. The standard InChI is InChI=1S/C18H23F2NO2/c1-2-3-4-5-6-7-13-11-22-18(23-12-13)14-8-16(19)15(10-21)17(20)9-14/h8-9,13,18H,2-7,11-12H2,1H3/t13-,18-. The van der Waals surface area contributed by atoms with Crippen LogP contribution in [0, 0.1) is 28.9 Å². The normalized spacial score (nSPS) is 21.1. The molecule has 0 unspecified atom stereocenters. The van der Waals surface area contributed by atoms with E-state index >= 15 is 0 Å². The third-order valence-corrected chi connectivity index (χ3v) is 4.13. The van der Waals surface area contributed by atoms with Gasteiger partial charge in [-0.1, -0.05) is 39.0 Å².